The number of esters is 1. The molecule has 0 unspecified atom stereocenters. The molecule has 0 saturated carbocycles. The number of fused-ring (bicyclic) bond motifs is 1. The fraction of sp³-hybridized carbons (Fsp3) is 0.278. The maximum Gasteiger partial charge on any atom is 0.329 e. The van der Waals surface area contributed by atoms with Gasteiger partial charge in [-0.1, -0.05) is 37.3 Å². The van der Waals surface area contributed by atoms with Gasteiger partial charge in [0.2, 0.25) is 0 Å². The molecule has 1 aromatic carbocycles. The molecule has 2 aromatic heterocycles. The Kier molecular flexibility index (Phi) is 4.76. The molecule has 0 saturated heterocycles. The van der Waals surface area contributed by atoms with Gasteiger partial charge in [-0.3, -0.25) is 9.36 Å². The van der Waals surface area contributed by atoms with E-state index < -0.39 is 12.0 Å². The average Bonchev–Trinajstić information content (AvgIpc) is 3.03. The van der Waals surface area contributed by atoms with Crippen molar-refractivity contribution in [2.24, 2.45) is 0 Å². The highest BCUT2D eigenvalue weighted by Gasteiger charge is 2.23. The Balaban J connectivity index is 2.17. The van der Waals surface area contributed by atoms with Gasteiger partial charge >= 0.3 is 5.97 Å². The van der Waals surface area contributed by atoms with Gasteiger partial charge in [0, 0.05) is 10.9 Å². The lowest BCUT2D eigenvalue weighted by atomic mass is 10.1. The van der Waals surface area contributed by atoms with Crippen LogP contribution in [-0.2, 0) is 9.53 Å². The molecule has 0 bridgehead atoms. The number of thiophene rings is 1. The van der Waals surface area contributed by atoms with E-state index in [-0.39, 0.29) is 12.2 Å². The number of carbonyl (C=O) groups is 1. The van der Waals surface area contributed by atoms with Crippen LogP contribution in [0.3, 0.4) is 0 Å². The molecule has 0 aliphatic heterocycles. The summed E-state index contributed by atoms with van der Waals surface area (Å²) in [4.78, 5) is 30.2. The number of rotatable bonds is 5. The van der Waals surface area contributed by atoms with E-state index in [1.54, 1.807) is 6.92 Å². The summed E-state index contributed by atoms with van der Waals surface area (Å²) >= 11 is 1.43. The molecule has 6 heteroatoms. The monoisotopic (exact) mass is 342 g/mol. The lowest BCUT2D eigenvalue weighted by Gasteiger charge is -2.16. The Morgan fingerprint density at radius 3 is 2.71 bits per heavy atom. The van der Waals surface area contributed by atoms with E-state index in [2.05, 4.69) is 4.98 Å². The minimum atomic E-state index is -0.655. The molecule has 5 nitrogen and oxygen atoms in total. The third kappa shape index (κ3) is 2.85. The van der Waals surface area contributed by atoms with Gasteiger partial charge in [-0.2, -0.15) is 0 Å². The highest BCUT2D eigenvalue weighted by atomic mass is 32.1. The number of ether oxygens (including phenoxy) is 1. The first-order chi connectivity index (χ1) is 11.7. The Labute approximate surface area is 143 Å². The van der Waals surface area contributed by atoms with Crippen molar-refractivity contribution in [1.29, 1.82) is 0 Å². The summed E-state index contributed by atoms with van der Waals surface area (Å²) in [5.41, 5.74) is 1.60. The van der Waals surface area contributed by atoms with Crippen LogP contribution in [0.5, 0.6) is 0 Å². The number of carbonyl (C=O) groups excluding carboxylic acids is 1. The van der Waals surface area contributed by atoms with Gasteiger partial charge in [0.05, 0.1) is 18.3 Å². The van der Waals surface area contributed by atoms with Crippen LogP contribution < -0.4 is 5.56 Å². The lowest BCUT2D eigenvalue weighted by Crippen LogP contribution is -2.31. The first-order valence-electron chi connectivity index (χ1n) is 7.87. The maximum atomic E-state index is 13.0. The molecule has 0 radical (unpaired) electrons. The quantitative estimate of drug-likeness (QED) is 0.664. The van der Waals surface area contributed by atoms with E-state index in [0.29, 0.717) is 16.6 Å². The van der Waals surface area contributed by atoms with Crippen LogP contribution in [0.2, 0.25) is 0 Å². The van der Waals surface area contributed by atoms with Gasteiger partial charge in [-0.15, -0.1) is 11.3 Å². The van der Waals surface area contributed by atoms with Crippen molar-refractivity contribution in [2.75, 3.05) is 6.61 Å². The minimum Gasteiger partial charge on any atom is -0.464 e. The first-order valence-corrected chi connectivity index (χ1v) is 8.75. The van der Waals surface area contributed by atoms with E-state index in [1.165, 1.54) is 22.2 Å². The Morgan fingerprint density at radius 1 is 1.29 bits per heavy atom. The van der Waals surface area contributed by atoms with Crippen LogP contribution in [0.4, 0.5) is 0 Å². The molecule has 2 heterocycles. The molecule has 0 aliphatic carbocycles. The molecule has 0 N–H and O–H groups in total. The van der Waals surface area contributed by atoms with Crippen LogP contribution in [0, 0.1) is 0 Å². The van der Waals surface area contributed by atoms with Gasteiger partial charge in [0.1, 0.15) is 10.9 Å². The van der Waals surface area contributed by atoms with Crippen molar-refractivity contribution < 1.29 is 9.53 Å². The highest BCUT2D eigenvalue weighted by Crippen LogP contribution is 2.30. The van der Waals surface area contributed by atoms with Crippen LogP contribution in [0.25, 0.3) is 21.3 Å². The SMILES string of the molecule is CCOC(=O)[C@H](CC)n1cnc2scc(-c3ccccc3)c2c1=O. The summed E-state index contributed by atoms with van der Waals surface area (Å²) in [5, 5.41) is 2.49. The van der Waals surface area contributed by atoms with Crippen LogP contribution >= 0.6 is 11.3 Å². The second kappa shape index (κ2) is 6.97. The van der Waals surface area contributed by atoms with Gasteiger partial charge in [-0.05, 0) is 18.9 Å². The van der Waals surface area contributed by atoms with Crippen molar-refractivity contribution in [1.82, 2.24) is 9.55 Å². The largest absolute Gasteiger partial charge is 0.464 e. The zero-order valence-electron chi connectivity index (χ0n) is 13.6. The predicted molar refractivity (Wildman–Crippen MR) is 95.3 cm³/mol. The summed E-state index contributed by atoms with van der Waals surface area (Å²) in [7, 11) is 0. The zero-order valence-corrected chi connectivity index (χ0v) is 14.4. The van der Waals surface area contributed by atoms with Gasteiger partial charge in [-0.25, -0.2) is 9.78 Å². The van der Waals surface area contributed by atoms with E-state index >= 15 is 0 Å². The molecule has 0 spiro atoms. The number of aromatic nitrogens is 2. The minimum absolute atomic E-state index is 0.208. The number of nitrogens with zero attached hydrogens (tertiary/aromatic N) is 2. The number of hydrogen-bond donors (Lipinski definition) is 0. The molecular weight excluding hydrogens is 324 g/mol. The van der Waals surface area contributed by atoms with Gasteiger partial charge < -0.3 is 4.74 Å². The van der Waals surface area contributed by atoms with E-state index in [0.717, 1.165) is 11.1 Å². The molecule has 3 rings (SSSR count). The lowest BCUT2D eigenvalue weighted by molar-refractivity contribution is -0.147. The average molecular weight is 342 g/mol. The highest BCUT2D eigenvalue weighted by molar-refractivity contribution is 7.17. The predicted octanol–water partition coefficient (Wildman–Crippen LogP) is 3.64. The topological polar surface area (TPSA) is 61.2 Å². The van der Waals surface area contributed by atoms with Crippen molar-refractivity contribution in [3.05, 3.63) is 52.4 Å². The third-order valence-electron chi connectivity index (χ3n) is 3.89. The smallest absolute Gasteiger partial charge is 0.329 e. The first kappa shape index (κ1) is 16.4. The molecule has 3 aromatic rings. The molecule has 0 fully saturated rings. The summed E-state index contributed by atoms with van der Waals surface area (Å²) in [6.45, 7) is 3.89. The van der Waals surface area contributed by atoms with Crippen LogP contribution in [0.1, 0.15) is 26.3 Å². The van der Waals surface area contributed by atoms with Crippen molar-refractivity contribution in [3.63, 3.8) is 0 Å². The molecule has 0 aliphatic rings. The molecular formula is C18H18N2O3S. The fourth-order valence-electron chi connectivity index (χ4n) is 2.71. The van der Waals surface area contributed by atoms with E-state index in [4.69, 9.17) is 4.74 Å². The Bertz CT molecular complexity index is 915. The summed E-state index contributed by atoms with van der Waals surface area (Å²) in [6, 6.07) is 9.06. The number of benzene rings is 1. The molecule has 24 heavy (non-hydrogen) atoms. The summed E-state index contributed by atoms with van der Waals surface area (Å²) < 4.78 is 6.48. The molecule has 124 valence electrons. The van der Waals surface area contributed by atoms with E-state index in [9.17, 15) is 9.59 Å². The van der Waals surface area contributed by atoms with Crippen molar-refractivity contribution in [2.45, 2.75) is 26.3 Å². The van der Waals surface area contributed by atoms with Crippen molar-refractivity contribution >= 4 is 27.5 Å². The second-order valence-electron chi connectivity index (χ2n) is 5.33. The zero-order chi connectivity index (χ0) is 17.1. The van der Waals surface area contributed by atoms with Crippen LogP contribution in [-0.4, -0.2) is 22.1 Å². The second-order valence-corrected chi connectivity index (χ2v) is 6.19. The fourth-order valence-corrected chi connectivity index (χ4v) is 3.62. The van der Waals surface area contributed by atoms with Crippen molar-refractivity contribution in [3.8, 4) is 11.1 Å². The van der Waals surface area contributed by atoms with Gasteiger partial charge in [0.25, 0.3) is 5.56 Å². The Morgan fingerprint density at radius 2 is 2.04 bits per heavy atom. The summed E-state index contributed by atoms with van der Waals surface area (Å²) in [5.74, 6) is -0.403. The standard InChI is InChI=1S/C18H18N2O3S/c1-3-14(18(22)23-4-2)20-11-19-16-15(17(20)21)13(10-24-16)12-8-6-5-7-9-12/h5-11,14H,3-4H2,1-2H3/t14-/m0/s1. The van der Waals surface area contributed by atoms with E-state index in [1.807, 2.05) is 42.6 Å². The maximum absolute atomic E-state index is 13.0. The van der Waals surface area contributed by atoms with Gasteiger partial charge in [0.15, 0.2) is 0 Å². The molecule has 1 atom stereocenters. The number of hydrogen-bond acceptors (Lipinski definition) is 5. The normalized spacial score (nSPS) is 12.2. The molecule has 0 amide bonds. The van der Waals surface area contributed by atoms with Crippen LogP contribution in [0.15, 0.2) is 46.8 Å². The Hall–Kier alpha value is -2.47. The third-order valence-corrected chi connectivity index (χ3v) is 4.77. The summed E-state index contributed by atoms with van der Waals surface area (Å²) in [6.07, 6.45) is 1.91.